The monoisotopic (exact) mass is 403 g/mol. The van der Waals surface area contributed by atoms with Gasteiger partial charge in [0.25, 0.3) is 5.91 Å². The van der Waals surface area contributed by atoms with Crippen LogP contribution in [0, 0.1) is 12.8 Å². The molecule has 0 aliphatic carbocycles. The molecule has 1 aromatic carbocycles. The van der Waals surface area contributed by atoms with Crippen molar-refractivity contribution in [2.75, 3.05) is 32.7 Å². The summed E-state index contributed by atoms with van der Waals surface area (Å²) in [5.41, 5.74) is 1.20. The maximum absolute atomic E-state index is 12.7. The van der Waals surface area contributed by atoms with Gasteiger partial charge in [-0.3, -0.25) is 4.79 Å². The van der Waals surface area contributed by atoms with E-state index in [0.29, 0.717) is 31.1 Å². The third-order valence-electron chi connectivity index (χ3n) is 4.75. The van der Waals surface area contributed by atoms with Gasteiger partial charge in [-0.1, -0.05) is 19.9 Å². The number of piperidine rings is 1. The fourth-order valence-corrected chi connectivity index (χ4v) is 4.63. The molecule has 2 N–H and O–H groups in total. The molecule has 1 aliphatic heterocycles. The van der Waals surface area contributed by atoms with Crippen LogP contribution >= 0.6 is 12.4 Å². The van der Waals surface area contributed by atoms with Gasteiger partial charge in [0.1, 0.15) is 0 Å². The van der Waals surface area contributed by atoms with Gasteiger partial charge in [0.15, 0.2) is 0 Å². The predicted octanol–water partition coefficient (Wildman–Crippen LogP) is 2.18. The molecule has 0 spiro atoms. The summed E-state index contributed by atoms with van der Waals surface area (Å²) in [7, 11) is -3.57. The molecule has 0 bridgehead atoms. The molecule has 26 heavy (non-hydrogen) atoms. The van der Waals surface area contributed by atoms with E-state index in [1.165, 1.54) is 10.4 Å². The standard InChI is InChI=1S/C18H29N3O3S.ClH/c1-4-21(5-2)25(23,24)16-9-8-14(3)17(11-16)18(22)20-13-15-7-6-10-19-12-15;/h8-9,11,15,19H,4-7,10,12-13H2,1-3H3,(H,20,22);1H. The Morgan fingerprint density at radius 1 is 1.31 bits per heavy atom. The molecule has 1 aliphatic rings. The van der Waals surface area contributed by atoms with Crippen LogP contribution in [-0.4, -0.2) is 51.4 Å². The van der Waals surface area contributed by atoms with Crippen LogP contribution in [0.5, 0.6) is 0 Å². The van der Waals surface area contributed by atoms with E-state index in [2.05, 4.69) is 10.6 Å². The molecule has 1 atom stereocenters. The number of aryl methyl sites for hydroxylation is 1. The lowest BCUT2D eigenvalue weighted by atomic mass is 9.99. The Balaban J connectivity index is 0.00000338. The van der Waals surface area contributed by atoms with Crippen molar-refractivity contribution < 1.29 is 13.2 Å². The zero-order valence-corrected chi connectivity index (χ0v) is 17.4. The second-order valence-corrected chi connectivity index (χ2v) is 8.43. The quantitative estimate of drug-likeness (QED) is 0.731. The van der Waals surface area contributed by atoms with Crippen LogP contribution in [0.2, 0.25) is 0 Å². The molecule has 0 aromatic heterocycles. The Bertz CT molecular complexity index is 700. The zero-order valence-electron chi connectivity index (χ0n) is 15.7. The first-order valence-electron chi connectivity index (χ1n) is 8.99. The van der Waals surface area contributed by atoms with Crippen molar-refractivity contribution in [3.05, 3.63) is 29.3 Å². The number of hydrogen-bond acceptors (Lipinski definition) is 4. The number of carbonyl (C=O) groups is 1. The summed E-state index contributed by atoms with van der Waals surface area (Å²) in [5.74, 6) is 0.222. The molecular formula is C18H30ClN3O3S. The zero-order chi connectivity index (χ0) is 18.4. The van der Waals surface area contributed by atoms with Gasteiger partial charge >= 0.3 is 0 Å². The second-order valence-electron chi connectivity index (χ2n) is 6.49. The Morgan fingerprint density at radius 2 is 2.00 bits per heavy atom. The number of amides is 1. The fraction of sp³-hybridized carbons (Fsp3) is 0.611. The highest BCUT2D eigenvalue weighted by atomic mass is 35.5. The summed E-state index contributed by atoms with van der Waals surface area (Å²) in [6.45, 7) is 8.81. The molecule has 148 valence electrons. The molecule has 2 rings (SSSR count). The molecule has 0 radical (unpaired) electrons. The van der Waals surface area contributed by atoms with E-state index in [1.54, 1.807) is 26.0 Å². The molecule has 1 saturated heterocycles. The lowest BCUT2D eigenvalue weighted by molar-refractivity contribution is 0.0944. The maximum Gasteiger partial charge on any atom is 0.251 e. The number of benzene rings is 1. The topological polar surface area (TPSA) is 78.5 Å². The van der Waals surface area contributed by atoms with E-state index < -0.39 is 10.0 Å². The molecule has 1 unspecified atom stereocenters. The number of hydrogen-bond donors (Lipinski definition) is 2. The van der Waals surface area contributed by atoms with Crippen LogP contribution in [-0.2, 0) is 10.0 Å². The first kappa shape index (κ1) is 22.9. The Kier molecular flexibility index (Phi) is 9.03. The van der Waals surface area contributed by atoms with Gasteiger partial charge in [0.05, 0.1) is 4.90 Å². The largest absolute Gasteiger partial charge is 0.352 e. The number of nitrogens with zero attached hydrogens (tertiary/aromatic N) is 1. The van der Waals surface area contributed by atoms with Gasteiger partial charge in [-0.2, -0.15) is 4.31 Å². The van der Waals surface area contributed by atoms with E-state index in [0.717, 1.165) is 31.5 Å². The molecule has 1 aromatic rings. The predicted molar refractivity (Wildman–Crippen MR) is 106 cm³/mol. The summed E-state index contributed by atoms with van der Waals surface area (Å²) in [6.07, 6.45) is 2.22. The van der Waals surface area contributed by atoms with Crippen molar-refractivity contribution in [2.24, 2.45) is 5.92 Å². The van der Waals surface area contributed by atoms with Crippen molar-refractivity contribution >= 4 is 28.3 Å². The van der Waals surface area contributed by atoms with Crippen LogP contribution in [0.25, 0.3) is 0 Å². The van der Waals surface area contributed by atoms with Crippen molar-refractivity contribution in [2.45, 2.75) is 38.5 Å². The van der Waals surface area contributed by atoms with Crippen LogP contribution in [0.15, 0.2) is 23.1 Å². The summed E-state index contributed by atoms with van der Waals surface area (Å²) in [4.78, 5) is 12.7. The Labute approximate surface area is 163 Å². The summed E-state index contributed by atoms with van der Waals surface area (Å²) in [6, 6.07) is 4.77. The Hall–Kier alpha value is -1.15. The maximum atomic E-state index is 12.7. The lowest BCUT2D eigenvalue weighted by Gasteiger charge is -2.23. The van der Waals surface area contributed by atoms with Crippen LogP contribution in [0.3, 0.4) is 0 Å². The molecule has 6 nitrogen and oxygen atoms in total. The summed E-state index contributed by atoms with van der Waals surface area (Å²) in [5, 5.41) is 6.29. The van der Waals surface area contributed by atoms with Gasteiger partial charge in [-0.05, 0) is 56.5 Å². The minimum Gasteiger partial charge on any atom is -0.352 e. The number of carbonyl (C=O) groups excluding carboxylic acids is 1. The van der Waals surface area contributed by atoms with Crippen molar-refractivity contribution in [1.29, 1.82) is 0 Å². The first-order chi connectivity index (χ1) is 11.9. The van der Waals surface area contributed by atoms with E-state index in [4.69, 9.17) is 0 Å². The SMILES string of the molecule is CCN(CC)S(=O)(=O)c1ccc(C)c(C(=O)NCC2CCCNC2)c1.Cl. The lowest BCUT2D eigenvalue weighted by Crippen LogP contribution is -2.38. The van der Waals surface area contributed by atoms with E-state index in [9.17, 15) is 13.2 Å². The minimum atomic E-state index is -3.57. The first-order valence-corrected chi connectivity index (χ1v) is 10.4. The van der Waals surface area contributed by atoms with Gasteiger partial charge in [-0.25, -0.2) is 8.42 Å². The molecule has 0 saturated carbocycles. The van der Waals surface area contributed by atoms with Gasteiger partial charge in [0.2, 0.25) is 10.0 Å². The minimum absolute atomic E-state index is 0. The van der Waals surface area contributed by atoms with Crippen LogP contribution < -0.4 is 10.6 Å². The van der Waals surface area contributed by atoms with Crippen LogP contribution in [0.1, 0.15) is 42.6 Å². The summed E-state index contributed by atoms with van der Waals surface area (Å²) >= 11 is 0. The highest BCUT2D eigenvalue weighted by Crippen LogP contribution is 2.20. The van der Waals surface area contributed by atoms with Gasteiger partial charge in [-0.15, -0.1) is 12.4 Å². The smallest absolute Gasteiger partial charge is 0.251 e. The Morgan fingerprint density at radius 3 is 2.58 bits per heavy atom. The van der Waals surface area contributed by atoms with E-state index in [1.807, 2.05) is 6.92 Å². The number of rotatable bonds is 7. The third kappa shape index (κ3) is 5.42. The van der Waals surface area contributed by atoms with Crippen molar-refractivity contribution in [3.8, 4) is 0 Å². The fourth-order valence-electron chi connectivity index (χ4n) is 3.15. The average molecular weight is 404 g/mol. The molecule has 1 amide bonds. The van der Waals surface area contributed by atoms with Gasteiger partial charge in [0, 0.05) is 25.2 Å². The molecule has 1 fully saturated rings. The number of nitrogens with one attached hydrogen (secondary N) is 2. The second kappa shape index (κ2) is 10.3. The molecule has 1 heterocycles. The normalized spacial score (nSPS) is 17.6. The highest BCUT2D eigenvalue weighted by Gasteiger charge is 2.23. The average Bonchev–Trinajstić information content (AvgIpc) is 2.61. The highest BCUT2D eigenvalue weighted by molar-refractivity contribution is 7.89. The number of sulfonamides is 1. The molecule has 8 heteroatoms. The van der Waals surface area contributed by atoms with Gasteiger partial charge < -0.3 is 10.6 Å². The van der Waals surface area contributed by atoms with Crippen molar-refractivity contribution in [1.82, 2.24) is 14.9 Å². The molecular weight excluding hydrogens is 374 g/mol. The number of halogens is 1. The van der Waals surface area contributed by atoms with E-state index >= 15 is 0 Å². The van der Waals surface area contributed by atoms with Crippen molar-refractivity contribution in [3.63, 3.8) is 0 Å². The van der Waals surface area contributed by atoms with E-state index in [-0.39, 0.29) is 23.2 Å². The van der Waals surface area contributed by atoms with Crippen LogP contribution in [0.4, 0.5) is 0 Å². The summed E-state index contributed by atoms with van der Waals surface area (Å²) < 4.78 is 26.7. The third-order valence-corrected chi connectivity index (χ3v) is 6.79.